The van der Waals surface area contributed by atoms with Crippen molar-refractivity contribution < 1.29 is 0 Å². The van der Waals surface area contributed by atoms with E-state index in [1.165, 1.54) is 18.5 Å². The number of hydrogen-bond acceptors (Lipinski definition) is 2. The molecule has 0 amide bonds. The van der Waals surface area contributed by atoms with E-state index in [9.17, 15) is 0 Å². The first-order valence-electron chi connectivity index (χ1n) is 6.40. The van der Waals surface area contributed by atoms with Gasteiger partial charge in [-0.1, -0.05) is 6.92 Å². The quantitative estimate of drug-likeness (QED) is 0.799. The normalized spacial score (nSPS) is 18.0. The molecule has 3 nitrogen and oxygen atoms in total. The fraction of sp³-hybridized carbons (Fsp3) is 0.769. The molecule has 0 spiro atoms. The van der Waals surface area contributed by atoms with E-state index in [1.807, 2.05) is 0 Å². The van der Waals surface area contributed by atoms with Crippen molar-refractivity contribution >= 4 is 0 Å². The number of rotatable bonds is 6. The Kier molecular flexibility index (Phi) is 3.33. The van der Waals surface area contributed by atoms with Crippen molar-refractivity contribution in [3.8, 4) is 0 Å². The molecule has 1 N–H and O–H groups in total. The molecular weight excluding hydrogens is 198 g/mol. The van der Waals surface area contributed by atoms with Gasteiger partial charge < -0.3 is 5.32 Å². The second kappa shape index (κ2) is 4.58. The van der Waals surface area contributed by atoms with Crippen molar-refractivity contribution in [2.24, 2.45) is 5.41 Å². The molecule has 0 saturated heterocycles. The lowest BCUT2D eigenvalue weighted by atomic mass is 10.0. The van der Waals surface area contributed by atoms with E-state index in [-0.39, 0.29) is 0 Å². The summed E-state index contributed by atoms with van der Waals surface area (Å²) in [6.07, 6.45) is 5.95. The Morgan fingerprint density at radius 1 is 1.50 bits per heavy atom. The fourth-order valence-corrected chi connectivity index (χ4v) is 2.13. The predicted octanol–water partition coefficient (Wildman–Crippen LogP) is 2.40. The minimum absolute atomic E-state index is 0.470. The Morgan fingerprint density at radius 3 is 2.75 bits per heavy atom. The second-order valence-electron chi connectivity index (χ2n) is 5.34. The maximum atomic E-state index is 4.63. The second-order valence-corrected chi connectivity index (χ2v) is 5.34. The lowest BCUT2D eigenvalue weighted by Crippen LogP contribution is -2.25. The lowest BCUT2D eigenvalue weighted by molar-refractivity contribution is 0.449. The van der Waals surface area contributed by atoms with Crippen LogP contribution in [-0.4, -0.2) is 22.9 Å². The van der Waals surface area contributed by atoms with Gasteiger partial charge in [-0.3, -0.25) is 4.68 Å². The lowest BCUT2D eigenvalue weighted by Gasteiger charge is -2.13. The molecule has 0 radical (unpaired) electrons. The van der Waals surface area contributed by atoms with Crippen LogP contribution in [0.5, 0.6) is 0 Å². The summed E-state index contributed by atoms with van der Waals surface area (Å²) in [7, 11) is 0. The van der Waals surface area contributed by atoms with Crippen molar-refractivity contribution in [3.63, 3.8) is 0 Å². The van der Waals surface area contributed by atoms with Crippen LogP contribution in [0.4, 0.5) is 0 Å². The predicted molar refractivity (Wildman–Crippen MR) is 66.5 cm³/mol. The van der Waals surface area contributed by atoms with Gasteiger partial charge in [-0.25, -0.2) is 0 Å². The van der Waals surface area contributed by atoms with Crippen molar-refractivity contribution in [1.29, 1.82) is 0 Å². The zero-order chi connectivity index (χ0) is 11.6. The van der Waals surface area contributed by atoms with Crippen LogP contribution >= 0.6 is 0 Å². The summed E-state index contributed by atoms with van der Waals surface area (Å²) in [5, 5.41) is 8.10. The molecule has 0 atom stereocenters. The summed E-state index contributed by atoms with van der Waals surface area (Å²) in [6, 6.07) is 2.64. The Morgan fingerprint density at radius 2 is 2.25 bits per heavy atom. The standard InChI is InChI=1S/C13H23N3/c1-4-14-10-13(6-7-13)9-12-5-8-16(15-12)11(2)3/h5,8,11,14H,4,6-7,9-10H2,1-3H3. The average Bonchev–Trinajstić information content (AvgIpc) is 2.83. The average molecular weight is 221 g/mol. The smallest absolute Gasteiger partial charge is 0.0630 e. The van der Waals surface area contributed by atoms with E-state index in [0.717, 1.165) is 19.5 Å². The molecular formula is C13H23N3. The third-order valence-corrected chi connectivity index (χ3v) is 3.46. The highest BCUT2D eigenvalue weighted by Gasteiger charge is 2.42. The summed E-state index contributed by atoms with van der Waals surface area (Å²) >= 11 is 0. The largest absolute Gasteiger partial charge is 0.316 e. The van der Waals surface area contributed by atoms with Crippen molar-refractivity contribution in [2.75, 3.05) is 13.1 Å². The van der Waals surface area contributed by atoms with E-state index in [0.29, 0.717) is 11.5 Å². The van der Waals surface area contributed by atoms with E-state index in [1.54, 1.807) is 0 Å². The molecule has 1 heterocycles. The first-order valence-corrected chi connectivity index (χ1v) is 6.40. The Labute approximate surface area is 98.2 Å². The van der Waals surface area contributed by atoms with Crippen molar-refractivity contribution in [2.45, 2.75) is 46.1 Å². The third-order valence-electron chi connectivity index (χ3n) is 3.46. The molecule has 0 aromatic carbocycles. The molecule has 0 unspecified atom stereocenters. The molecule has 1 fully saturated rings. The summed E-state index contributed by atoms with van der Waals surface area (Å²) < 4.78 is 2.05. The first-order chi connectivity index (χ1) is 7.65. The Balaban J connectivity index is 1.93. The van der Waals surface area contributed by atoms with Gasteiger partial charge >= 0.3 is 0 Å². The van der Waals surface area contributed by atoms with Gasteiger partial charge in [0.1, 0.15) is 0 Å². The number of nitrogens with zero attached hydrogens (tertiary/aromatic N) is 2. The molecule has 1 aliphatic rings. The van der Waals surface area contributed by atoms with Crippen LogP contribution in [0, 0.1) is 5.41 Å². The molecule has 1 aromatic rings. The van der Waals surface area contributed by atoms with Crippen LogP contribution in [-0.2, 0) is 6.42 Å². The SMILES string of the molecule is CCNCC1(Cc2ccn(C(C)C)n2)CC1. The molecule has 2 rings (SSSR count). The van der Waals surface area contributed by atoms with Crippen LogP contribution in [0.1, 0.15) is 45.3 Å². The van der Waals surface area contributed by atoms with Crippen LogP contribution in [0.15, 0.2) is 12.3 Å². The van der Waals surface area contributed by atoms with Crippen LogP contribution in [0.3, 0.4) is 0 Å². The van der Waals surface area contributed by atoms with Crippen LogP contribution in [0.2, 0.25) is 0 Å². The zero-order valence-corrected chi connectivity index (χ0v) is 10.7. The fourth-order valence-electron chi connectivity index (χ4n) is 2.13. The van der Waals surface area contributed by atoms with Gasteiger partial charge in [0.25, 0.3) is 0 Å². The highest BCUT2D eigenvalue weighted by Crippen LogP contribution is 2.47. The zero-order valence-electron chi connectivity index (χ0n) is 10.7. The van der Waals surface area contributed by atoms with Crippen LogP contribution in [0.25, 0.3) is 0 Å². The van der Waals surface area contributed by atoms with E-state index in [2.05, 4.69) is 48.1 Å². The Hall–Kier alpha value is -0.830. The van der Waals surface area contributed by atoms with Gasteiger partial charge in [0.05, 0.1) is 5.69 Å². The molecule has 3 heteroatoms. The highest BCUT2D eigenvalue weighted by molar-refractivity contribution is 5.09. The monoisotopic (exact) mass is 221 g/mol. The maximum absolute atomic E-state index is 4.63. The van der Waals surface area contributed by atoms with Gasteiger partial charge in [0.2, 0.25) is 0 Å². The van der Waals surface area contributed by atoms with Gasteiger partial charge in [-0.15, -0.1) is 0 Å². The van der Waals surface area contributed by atoms with E-state index < -0.39 is 0 Å². The van der Waals surface area contributed by atoms with Gasteiger partial charge in [0.15, 0.2) is 0 Å². The van der Waals surface area contributed by atoms with Crippen LogP contribution < -0.4 is 5.32 Å². The van der Waals surface area contributed by atoms with E-state index >= 15 is 0 Å². The van der Waals surface area contributed by atoms with E-state index in [4.69, 9.17) is 0 Å². The first kappa shape index (κ1) is 11.6. The summed E-state index contributed by atoms with van der Waals surface area (Å²) in [6.45, 7) is 8.73. The minimum Gasteiger partial charge on any atom is -0.316 e. The molecule has 0 aliphatic heterocycles. The summed E-state index contributed by atoms with van der Waals surface area (Å²) in [5.74, 6) is 0. The van der Waals surface area contributed by atoms with Gasteiger partial charge in [-0.2, -0.15) is 5.10 Å². The minimum atomic E-state index is 0.470. The number of hydrogen-bond donors (Lipinski definition) is 1. The third kappa shape index (κ3) is 2.64. The molecule has 90 valence electrons. The number of aromatic nitrogens is 2. The Bertz CT molecular complexity index is 337. The topological polar surface area (TPSA) is 29.9 Å². The molecule has 0 bridgehead atoms. The highest BCUT2D eigenvalue weighted by atomic mass is 15.3. The summed E-state index contributed by atoms with van der Waals surface area (Å²) in [4.78, 5) is 0. The van der Waals surface area contributed by atoms with Crippen molar-refractivity contribution in [3.05, 3.63) is 18.0 Å². The number of nitrogens with one attached hydrogen (secondary N) is 1. The van der Waals surface area contributed by atoms with Gasteiger partial charge in [-0.05, 0) is 51.1 Å². The molecule has 16 heavy (non-hydrogen) atoms. The van der Waals surface area contributed by atoms with Crippen molar-refractivity contribution in [1.82, 2.24) is 15.1 Å². The molecule has 1 aliphatic carbocycles. The summed E-state index contributed by atoms with van der Waals surface area (Å²) in [5.41, 5.74) is 1.77. The van der Waals surface area contributed by atoms with Gasteiger partial charge in [0, 0.05) is 18.8 Å². The molecule has 1 saturated carbocycles. The molecule has 1 aromatic heterocycles. The maximum Gasteiger partial charge on any atom is 0.0630 e.